The Hall–Kier alpha value is -2.34. The molecule has 0 aliphatic carbocycles. The monoisotopic (exact) mass is 372 g/mol. The van der Waals surface area contributed by atoms with Crippen LogP contribution < -0.4 is 0 Å². The van der Waals surface area contributed by atoms with E-state index in [0.717, 1.165) is 4.90 Å². The van der Waals surface area contributed by atoms with Crippen molar-refractivity contribution in [3.8, 4) is 0 Å². The molecule has 6 heteroatoms. The third-order valence-electron chi connectivity index (χ3n) is 4.37. The molecule has 1 aliphatic rings. The number of carbonyl (C=O) groups is 2. The van der Waals surface area contributed by atoms with Crippen LogP contribution in [0.15, 0.2) is 59.5 Å². The third kappa shape index (κ3) is 4.43. The van der Waals surface area contributed by atoms with Crippen LogP contribution in [0.3, 0.4) is 0 Å². The molecule has 0 radical (unpaired) electrons. The highest BCUT2D eigenvalue weighted by molar-refractivity contribution is 8.00. The highest BCUT2D eigenvalue weighted by atomic mass is 32.2. The summed E-state index contributed by atoms with van der Waals surface area (Å²) in [7, 11) is 0. The van der Waals surface area contributed by atoms with Crippen molar-refractivity contribution in [1.29, 1.82) is 0 Å². The number of piperazine rings is 1. The number of hydrogen-bond acceptors (Lipinski definition) is 3. The van der Waals surface area contributed by atoms with Crippen molar-refractivity contribution >= 4 is 23.6 Å². The van der Waals surface area contributed by atoms with Crippen LogP contribution in [-0.2, 0) is 4.79 Å². The van der Waals surface area contributed by atoms with Crippen LogP contribution in [0.1, 0.15) is 17.3 Å². The summed E-state index contributed by atoms with van der Waals surface area (Å²) < 4.78 is 13.0. The second-order valence-electron chi connectivity index (χ2n) is 6.20. The van der Waals surface area contributed by atoms with Gasteiger partial charge < -0.3 is 9.80 Å². The average molecular weight is 372 g/mol. The zero-order valence-corrected chi connectivity index (χ0v) is 15.4. The van der Waals surface area contributed by atoms with Gasteiger partial charge in [0.05, 0.1) is 5.25 Å². The summed E-state index contributed by atoms with van der Waals surface area (Å²) in [5.41, 5.74) is 0.471. The van der Waals surface area contributed by atoms with E-state index in [9.17, 15) is 14.0 Å². The molecule has 136 valence electrons. The van der Waals surface area contributed by atoms with E-state index in [1.165, 1.54) is 24.3 Å². The molecule has 1 saturated heterocycles. The summed E-state index contributed by atoms with van der Waals surface area (Å²) in [4.78, 5) is 29.7. The van der Waals surface area contributed by atoms with Gasteiger partial charge in [0.15, 0.2) is 0 Å². The lowest BCUT2D eigenvalue weighted by atomic mass is 10.1. The van der Waals surface area contributed by atoms with Gasteiger partial charge in [-0.05, 0) is 43.3 Å². The molecular formula is C20H21FN2O2S. The van der Waals surface area contributed by atoms with E-state index in [4.69, 9.17) is 0 Å². The lowest BCUT2D eigenvalue weighted by Crippen LogP contribution is -2.52. The number of rotatable bonds is 4. The fourth-order valence-electron chi connectivity index (χ4n) is 2.92. The highest BCUT2D eigenvalue weighted by Crippen LogP contribution is 2.24. The number of thioether (sulfide) groups is 1. The number of nitrogens with zero attached hydrogens (tertiary/aromatic N) is 2. The summed E-state index contributed by atoms with van der Waals surface area (Å²) in [5, 5.41) is -0.170. The Bertz CT molecular complexity index is 759. The largest absolute Gasteiger partial charge is 0.338 e. The minimum atomic E-state index is -0.359. The Morgan fingerprint density at radius 2 is 1.50 bits per heavy atom. The fraction of sp³-hybridized carbons (Fsp3) is 0.300. The third-order valence-corrected chi connectivity index (χ3v) is 5.47. The molecule has 0 saturated carbocycles. The van der Waals surface area contributed by atoms with Gasteiger partial charge in [-0.2, -0.15) is 0 Å². The standard InChI is InChI=1S/C20H21FN2O2S/c1-15(26-18-5-3-2-4-6-18)19(24)22-11-13-23(14-12-22)20(25)16-7-9-17(21)10-8-16/h2-10,15H,11-14H2,1H3. The van der Waals surface area contributed by atoms with Crippen LogP contribution in [-0.4, -0.2) is 53.0 Å². The van der Waals surface area contributed by atoms with Crippen molar-refractivity contribution < 1.29 is 14.0 Å². The maximum atomic E-state index is 13.0. The van der Waals surface area contributed by atoms with Gasteiger partial charge in [-0.3, -0.25) is 9.59 Å². The first-order chi connectivity index (χ1) is 12.5. The molecule has 1 atom stereocenters. The maximum Gasteiger partial charge on any atom is 0.253 e. The molecule has 26 heavy (non-hydrogen) atoms. The summed E-state index contributed by atoms with van der Waals surface area (Å²) in [5.74, 6) is -0.390. The van der Waals surface area contributed by atoms with Crippen LogP contribution in [0.2, 0.25) is 0 Å². The summed E-state index contributed by atoms with van der Waals surface area (Å²) in [6.07, 6.45) is 0. The zero-order valence-electron chi connectivity index (χ0n) is 14.6. The van der Waals surface area contributed by atoms with Crippen molar-refractivity contribution in [3.05, 3.63) is 66.0 Å². The van der Waals surface area contributed by atoms with Gasteiger partial charge in [0.1, 0.15) is 5.82 Å². The smallest absolute Gasteiger partial charge is 0.253 e. The Balaban J connectivity index is 1.53. The molecule has 2 aromatic carbocycles. The first-order valence-corrected chi connectivity index (χ1v) is 9.48. The quantitative estimate of drug-likeness (QED) is 0.774. The Labute approximate surface area is 157 Å². The van der Waals surface area contributed by atoms with E-state index < -0.39 is 0 Å². The molecule has 0 spiro atoms. The Morgan fingerprint density at radius 3 is 2.12 bits per heavy atom. The molecule has 1 unspecified atom stereocenters. The lowest BCUT2D eigenvalue weighted by Gasteiger charge is -2.36. The van der Waals surface area contributed by atoms with Gasteiger partial charge in [0, 0.05) is 36.6 Å². The minimum absolute atomic E-state index is 0.0905. The number of hydrogen-bond donors (Lipinski definition) is 0. The Morgan fingerprint density at radius 1 is 0.923 bits per heavy atom. The van der Waals surface area contributed by atoms with E-state index >= 15 is 0 Å². The predicted octanol–water partition coefficient (Wildman–Crippen LogP) is 3.29. The molecule has 0 N–H and O–H groups in total. The van der Waals surface area contributed by atoms with E-state index in [-0.39, 0.29) is 22.9 Å². The molecule has 0 bridgehead atoms. The second-order valence-corrected chi connectivity index (χ2v) is 7.61. The first-order valence-electron chi connectivity index (χ1n) is 8.60. The second kappa shape index (κ2) is 8.36. The van der Waals surface area contributed by atoms with Crippen LogP contribution in [0.4, 0.5) is 4.39 Å². The predicted molar refractivity (Wildman–Crippen MR) is 101 cm³/mol. The zero-order chi connectivity index (χ0) is 18.5. The van der Waals surface area contributed by atoms with E-state index in [0.29, 0.717) is 31.7 Å². The van der Waals surface area contributed by atoms with Gasteiger partial charge in [-0.1, -0.05) is 18.2 Å². The van der Waals surface area contributed by atoms with Gasteiger partial charge in [0.25, 0.3) is 5.91 Å². The average Bonchev–Trinajstić information content (AvgIpc) is 2.68. The van der Waals surface area contributed by atoms with Crippen molar-refractivity contribution in [3.63, 3.8) is 0 Å². The number of amides is 2. The fourth-order valence-corrected chi connectivity index (χ4v) is 3.89. The van der Waals surface area contributed by atoms with Crippen molar-refractivity contribution in [2.45, 2.75) is 17.1 Å². The van der Waals surface area contributed by atoms with Crippen molar-refractivity contribution in [1.82, 2.24) is 9.80 Å². The van der Waals surface area contributed by atoms with Crippen molar-refractivity contribution in [2.24, 2.45) is 0 Å². The molecule has 2 amide bonds. The molecule has 1 heterocycles. The van der Waals surface area contributed by atoms with Gasteiger partial charge >= 0.3 is 0 Å². The molecule has 4 nitrogen and oxygen atoms in total. The van der Waals surface area contributed by atoms with Crippen molar-refractivity contribution in [2.75, 3.05) is 26.2 Å². The summed E-state index contributed by atoms with van der Waals surface area (Å²) in [6, 6.07) is 15.4. The van der Waals surface area contributed by atoms with Crippen LogP contribution in [0, 0.1) is 5.82 Å². The summed E-state index contributed by atoms with van der Waals surface area (Å²) in [6.45, 7) is 3.93. The number of carbonyl (C=O) groups excluding carboxylic acids is 2. The Kier molecular flexibility index (Phi) is 5.93. The number of benzene rings is 2. The topological polar surface area (TPSA) is 40.6 Å². The molecule has 1 fully saturated rings. The van der Waals surface area contributed by atoms with Crippen LogP contribution >= 0.6 is 11.8 Å². The molecule has 2 aromatic rings. The maximum absolute atomic E-state index is 13.0. The van der Waals surface area contributed by atoms with E-state index in [1.807, 2.05) is 42.2 Å². The van der Waals surface area contributed by atoms with Gasteiger partial charge in [0.2, 0.25) is 5.91 Å². The lowest BCUT2D eigenvalue weighted by molar-refractivity contribution is -0.131. The van der Waals surface area contributed by atoms with Gasteiger partial charge in [-0.15, -0.1) is 11.8 Å². The van der Waals surface area contributed by atoms with E-state index in [2.05, 4.69) is 0 Å². The first kappa shape index (κ1) is 18.5. The molecule has 1 aliphatic heterocycles. The minimum Gasteiger partial charge on any atom is -0.338 e. The molecule has 3 rings (SSSR count). The van der Waals surface area contributed by atoms with Crippen LogP contribution in [0.5, 0.6) is 0 Å². The number of halogens is 1. The SMILES string of the molecule is CC(Sc1ccccc1)C(=O)N1CCN(C(=O)c2ccc(F)cc2)CC1. The molecule has 0 aromatic heterocycles. The van der Waals surface area contributed by atoms with E-state index in [1.54, 1.807) is 16.7 Å². The summed E-state index contributed by atoms with van der Waals surface area (Å²) >= 11 is 1.54. The van der Waals surface area contributed by atoms with Crippen LogP contribution in [0.25, 0.3) is 0 Å². The molecular weight excluding hydrogens is 351 g/mol. The highest BCUT2D eigenvalue weighted by Gasteiger charge is 2.27. The van der Waals surface area contributed by atoms with Gasteiger partial charge in [-0.25, -0.2) is 4.39 Å². The normalized spacial score (nSPS) is 15.6.